The number of rotatable bonds is 23. The molecule has 0 fully saturated rings. The molecule has 23 heteroatoms. The van der Waals surface area contributed by atoms with Gasteiger partial charge in [0.2, 0.25) is 0 Å². The molecule has 0 saturated heterocycles. The van der Waals surface area contributed by atoms with Gasteiger partial charge in [0.05, 0.1) is 0 Å². The molecule has 0 saturated carbocycles. The Hall–Kier alpha value is 1.90. The highest BCUT2D eigenvalue weighted by Gasteiger charge is 2.51. The van der Waals surface area contributed by atoms with Crippen LogP contribution >= 0.6 is 0 Å². The maximum atomic E-state index is 6.80. The predicted molar refractivity (Wildman–Crippen MR) is 238 cm³/mol. The minimum absolute atomic E-state index is 1.75. The first-order valence-electron chi connectivity index (χ1n) is 17.7. The molecule has 0 aromatic heterocycles. The van der Waals surface area contributed by atoms with Crippen molar-refractivity contribution in [2.45, 2.75) is 164 Å². The molecule has 0 aliphatic heterocycles. The van der Waals surface area contributed by atoms with E-state index in [1.807, 2.05) is 5.70 Å². The average Bonchev–Trinajstić information content (AvgIpc) is 2.61. The molecule has 0 atom stereocenters. The van der Waals surface area contributed by atoms with Crippen LogP contribution < -0.4 is 0 Å². The third-order valence-corrected chi connectivity index (χ3v) is 50.8. The summed E-state index contributed by atoms with van der Waals surface area (Å²) in [7, 11) is -29.8. The van der Waals surface area contributed by atoms with Gasteiger partial charge < -0.3 is 45.3 Å². The molecule has 0 radical (unpaired) electrons. The van der Waals surface area contributed by atoms with E-state index in [1.54, 1.807) is 0 Å². The molecule has 0 aliphatic rings. The summed E-state index contributed by atoms with van der Waals surface area (Å²) < 4.78 is 73.5. The van der Waals surface area contributed by atoms with Crippen molar-refractivity contribution in [2.24, 2.45) is 0 Å². The monoisotopic (exact) mass is 914 g/mol. The summed E-state index contributed by atoms with van der Waals surface area (Å²) in [5.74, 6) is 0. The molecule has 11 nitrogen and oxygen atoms in total. The lowest BCUT2D eigenvalue weighted by molar-refractivity contribution is 0.253. The second-order valence-electron chi connectivity index (χ2n) is 19.0. The Morgan fingerprint density at radius 2 is 0.380 bits per heavy atom. The number of hydrogen-bond donors (Lipinski definition) is 0. The van der Waals surface area contributed by atoms with Crippen molar-refractivity contribution in [1.82, 2.24) is 0 Å². The zero-order valence-corrected chi connectivity index (χ0v) is 48.8. The smallest absolute Gasteiger partial charge is 0.314 e. The van der Waals surface area contributed by atoms with Crippen molar-refractivity contribution in [2.75, 3.05) is 0 Å². The lowest BCUT2D eigenvalue weighted by Crippen LogP contribution is -2.62. The van der Waals surface area contributed by atoms with Crippen LogP contribution in [0, 0.1) is 0 Å². The zero-order valence-electron chi connectivity index (χ0n) is 36.8. The fraction of sp³-hybridized carbons (Fsp3) is 0.926. The van der Waals surface area contributed by atoms with Crippen LogP contribution in [-0.2, 0) is 45.3 Å². The Bertz CT molecular complexity index is 1120. The van der Waals surface area contributed by atoms with E-state index < -0.39 is 102 Å². The van der Waals surface area contributed by atoms with Gasteiger partial charge >= 0.3 is 85.6 Å². The van der Waals surface area contributed by atoms with E-state index in [0.717, 1.165) is 0 Å². The van der Waals surface area contributed by atoms with Crippen LogP contribution in [0.25, 0.3) is 0 Å². The molecule has 0 unspecified atom stereocenters. The SMILES string of the molecule is C=C[Si](C)(C)O[Si](C)(C)O[Si](C)(C)O[Si](C)(C)O[Si](C)(C)O[Si](C)(C)O[Si](C)(C)O[Si](C)(C)O[Si](C)(C)O[Si](C)(C)O[Si](C)(C)O[Si](C)(C)C. The Morgan fingerprint density at radius 3 is 0.520 bits per heavy atom. The third kappa shape index (κ3) is 23.7. The standard InChI is InChI=1S/C27H78O11Si12/c1-27-40(5,6)29-42(9,10)31-44(13,14)33-46(17,18)35-48(21,22)37-50(25,26)38-49(23,24)36-47(19,20)34-45(15,16)32-43(11,12)30-41(7,8)28-39(2,3)4/h27H,1H2,2-26H3. The molecule has 0 aromatic rings. The lowest BCUT2D eigenvalue weighted by Gasteiger charge is -2.45. The fourth-order valence-corrected chi connectivity index (χ4v) is 66.3. The van der Waals surface area contributed by atoms with Crippen LogP contribution in [0.1, 0.15) is 0 Å². The molecular formula is C27H78O11Si12. The molecule has 0 bridgehead atoms. The fourth-order valence-electron chi connectivity index (χ4n) is 6.95. The zero-order chi connectivity index (χ0) is 40.5. The first-order chi connectivity index (χ1) is 21.3. The van der Waals surface area contributed by atoms with E-state index in [0.29, 0.717) is 0 Å². The predicted octanol–water partition coefficient (Wildman–Crippen LogP) is 9.95. The normalized spacial score (nSPS) is 15.9. The van der Waals surface area contributed by atoms with Gasteiger partial charge in [-0.05, 0) is 164 Å². The van der Waals surface area contributed by atoms with Crippen molar-refractivity contribution in [3.05, 3.63) is 12.3 Å². The quantitative estimate of drug-likeness (QED) is 0.0916. The molecule has 0 aromatic carbocycles. The van der Waals surface area contributed by atoms with Crippen LogP contribution in [0.5, 0.6) is 0 Å². The molecule has 0 amide bonds. The van der Waals surface area contributed by atoms with Gasteiger partial charge in [-0.3, -0.25) is 0 Å². The average molecular weight is 916 g/mol. The summed E-state index contributed by atoms with van der Waals surface area (Å²) in [6.07, 6.45) is 0. The van der Waals surface area contributed by atoms with Gasteiger partial charge in [-0.25, -0.2) is 0 Å². The van der Waals surface area contributed by atoms with Gasteiger partial charge in [-0.1, -0.05) is 5.70 Å². The molecule has 0 aliphatic carbocycles. The summed E-state index contributed by atoms with van der Waals surface area (Å²) in [6.45, 7) is 56.2. The molecule has 50 heavy (non-hydrogen) atoms. The van der Waals surface area contributed by atoms with E-state index >= 15 is 0 Å². The Balaban J connectivity index is 5.58. The lowest BCUT2D eigenvalue weighted by atomic mass is 11.3. The highest BCUT2D eigenvalue weighted by Crippen LogP contribution is 2.31. The topological polar surface area (TPSA) is 102 Å². The summed E-state index contributed by atoms with van der Waals surface area (Å²) in [6, 6.07) is 0. The van der Waals surface area contributed by atoms with E-state index in [1.165, 1.54) is 0 Å². The molecule has 300 valence electrons. The van der Waals surface area contributed by atoms with E-state index in [4.69, 9.17) is 45.3 Å². The van der Waals surface area contributed by atoms with E-state index in [9.17, 15) is 0 Å². The van der Waals surface area contributed by atoms with Gasteiger partial charge in [-0.15, -0.1) is 6.58 Å². The highest BCUT2D eigenvalue weighted by molar-refractivity contribution is 6.94. The molecule has 0 spiro atoms. The highest BCUT2D eigenvalue weighted by atomic mass is 28.5. The van der Waals surface area contributed by atoms with Crippen molar-refractivity contribution in [3.63, 3.8) is 0 Å². The molecular weight excluding hydrogens is 837 g/mol. The van der Waals surface area contributed by atoms with E-state index in [2.05, 4.69) is 170 Å². The Morgan fingerprint density at radius 1 is 0.240 bits per heavy atom. The summed E-state index contributed by atoms with van der Waals surface area (Å²) in [5.41, 5.74) is 1.94. The van der Waals surface area contributed by atoms with Crippen LogP contribution in [-0.4, -0.2) is 102 Å². The second-order valence-corrected chi connectivity index (χ2v) is 63.9. The minimum Gasteiger partial charge on any atom is -0.437 e. The Labute approximate surface area is 321 Å². The molecule has 0 N–H and O–H groups in total. The first-order valence-corrected chi connectivity index (χ1v) is 52.2. The van der Waals surface area contributed by atoms with Gasteiger partial charge in [-0.2, -0.15) is 0 Å². The van der Waals surface area contributed by atoms with E-state index in [-0.39, 0.29) is 0 Å². The van der Waals surface area contributed by atoms with Crippen molar-refractivity contribution in [3.8, 4) is 0 Å². The molecule has 0 rings (SSSR count). The molecule has 0 heterocycles. The summed E-state index contributed by atoms with van der Waals surface area (Å²) in [4.78, 5) is 0. The maximum Gasteiger partial charge on any atom is 0.314 e. The van der Waals surface area contributed by atoms with Gasteiger partial charge in [0.1, 0.15) is 0 Å². The summed E-state index contributed by atoms with van der Waals surface area (Å²) >= 11 is 0. The maximum absolute atomic E-state index is 6.80. The third-order valence-electron chi connectivity index (χ3n) is 5.98. The van der Waals surface area contributed by atoms with Gasteiger partial charge in [0, 0.05) is 0 Å². The summed E-state index contributed by atoms with van der Waals surface area (Å²) in [5, 5.41) is 0. The first kappa shape index (κ1) is 51.9. The Kier molecular flexibility index (Phi) is 17.8. The van der Waals surface area contributed by atoms with Crippen molar-refractivity contribution in [1.29, 1.82) is 0 Å². The number of hydrogen-bond acceptors (Lipinski definition) is 11. The minimum atomic E-state index is -2.72. The van der Waals surface area contributed by atoms with Crippen LogP contribution in [0.4, 0.5) is 0 Å². The van der Waals surface area contributed by atoms with Gasteiger partial charge in [0.15, 0.2) is 16.6 Å². The van der Waals surface area contributed by atoms with Crippen LogP contribution in [0.2, 0.25) is 164 Å². The second kappa shape index (κ2) is 17.2. The van der Waals surface area contributed by atoms with Crippen LogP contribution in [0.15, 0.2) is 12.3 Å². The van der Waals surface area contributed by atoms with Crippen molar-refractivity contribution >= 4 is 102 Å². The van der Waals surface area contributed by atoms with Crippen LogP contribution in [0.3, 0.4) is 0 Å². The van der Waals surface area contributed by atoms with Crippen molar-refractivity contribution < 1.29 is 45.3 Å². The largest absolute Gasteiger partial charge is 0.437 e. The van der Waals surface area contributed by atoms with Gasteiger partial charge in [0.25, 0.3) is 0 Å².